The third-order valence-corrected chi connectivity index (χ3v) is 6.09. The molecule has 0 spiro atoms. The lowest BCUT2D eigenvalue weighted by atomic mass is 10.1. The first-order valence-electron chi connectivity index (χ1n) is 7.35. The van der Waals surface area contributed by atoms with E-state index in [4.69, 9.17) is 0 Å². The molecule has 0 aromatic heterocycles. The van der Waals surface area contributed by atoms with Gasteiger partial charge in [-0.3, -0.25) is 0 Å². The molecule has 22 heavy (non-hydrogen) atoms. The van der Waals surface area contributed by atoms with Crippen LogP contribution < -0.4 is 4.72 Å². The van der Waals surface area contributed by atoms with E-state index in [2.05, 4.69) is 20.7 Å². The first-order chi connectivity index (χ1) is 10.5. The fourth-order valence-electron chi connectivity index (χ4n) is 2.86. The number of nitrogens with one attached hydrogen (secondary N) is 1. The Balaban J connectivity index is 1.84. The highest BCUT2D eigenvalue weighted by molar-refractivity contribution is 9.10. The first kappa shape index (κ1) is 15.7. The second-order valence-electron chi connectivity index (χ2n) is 5.68. The predicted molar refractivity (Wildman–Crippen MR) is 91.3 cm³/mol. The zero-order valence-corrected chi connectivity index (χ0v) is 14.7. The molecule has 0 fully saturated rings. The fourth-order valence-corrected chi connectivity index (χ4v) is 4.56. The van der Waals surface area contributed by atoms with Crippen LogP contribution in [0.25, 0.3) is 0 Å². The Hall–Kier alpha value is -1.17. The molecular formula is C17H18BrNO2S. The van der Waals surface area contributed by atoms with Crippen molar-refractivity contribution in [2.75, 3.05) is 0 Å². The Bertz CT molecular complexity index is 802. The zero-order chi connectivity index (χ0) is 15.7. The molecule has 3 rings (SSSR count). The van der Waals surface area contributed by atoms with Crippen LogP contribution in [0.3, 0.4) is 0 Å². The topological polar surface area (TPSA) is 46.2 Å². The smallest absolute Gasteiger partial charge is 0.207 e. The Morgan fingerprint density at radius 1 is 1.09 bits per heavy atom. The molecule has 2 aromatic carbocycles. The van der Waals surface area contributed by atoms with Gasteiger partial charge < -0.3 is 0 Å². The van der Waals surface area contributed by atoms with Gasteiger partial charge >= 0.3 is 0 Å². The minimum atomic E-state index is -3.51. The van der Waals surface area contributed by atoms with E-state index >= 15 is 0 Å². The van der Waals surface area contributed by atoms with Crippen LogP contribution in [0.4, 0.5) is 0 Å². The van der Waals surface area contributed by atoms with Gasteiger partial charge in [0.05, 0.1) is 4.90 Å². The summed E-state index contributed by atoms with van der Waals surface area (Å²) in [5.41, 5.74) is 3.37. The van der Waals surface area contributed by atoms with E-state index in [9.17, 15) is 8.42 Å². The standard InChI is InChI=1S/C17H18BrNO2S/c1-12(14-5-3-7-16(18)10-14)19-22(20,21)17-9-8-13-4-2-6-15(13)11-17/h3,5,7-12,19H,2,4,6H2,1H3. The molecular weight excluding hydrogens is 362 g/mol. The SMILES string of the molecule is CC(NS(=O)(=O)c1ccc2c(c1)CCC2)c1cccc(Br)c1. The van der Waals surface area contributed by atoms with Crippen molar-refractivity contribution in [3.63, 3.8) is 0 Å². The van der Waals surface area contributed by atoms with Crippen molar-refractivity contribution in [3.8, 4) is 0 Å². The molecule has 0 heterocycles. The molecule has 0 saturated heterocycles. The summed E-state index contributed by atoms with van der Waals surface area (Å²) in [6.07, 6.45) is 3.14. The number of fused-ring (bicyclic) bond motifs is 1. The van der Waals surface area contributed by atoms with Gasteiger partial charge in [-0.25, -0.2) is 13.1 Å². The number of benzene rings is 2. The molecule has 0 aliphatic heterocycles. The van der Waals surface area contributed by atoms with E-state index in [0.717, 1.165) is 34.9 Å². The van der Waals surface area contributed by atoms with E-state index < -0.39 is 10.0 Å². The van der Waals surface area contributed by atoms with Crippen LogP contribution in [0.2, 0.25) is 0 Å². The zero-order valence-electron chi connectivity index (χ0n) is 12.3. The van der Waals surface area contributed by atoms with Crippen LogP contribution in [0.5, 0.6) is 0 Å². The molecule has 3 nitrogen and oxygen atoms in total. The molecule has 0 amide bonds. The lowest BCUT2D eigenvalue weighted by Gasteiger charge is -2.15. The summed E-state index contributed by atoms with van der Waals surface area (Å²) in [6.45, 7) is 1.85. The summed E-state index contributed by atoms with van der Waals surface area (Å²) in [6, 6.07) is 12.9. The van der Waals surface area contributed by atoms with Crippen molar-refractivity contribution in [1.29, 1.82) is 0 Å². The Morgan fingerprint density at radius 3 is 2.64 bits per heavy atom. The predicted octanol–water partition coefficient (Wildman–Crippen LogP) is 3.98. The van der Waals surface area contributed by atoms with Crippen molar-refractivity contribution in [1.82, 2.24) is 4.72 Å². The third kappa shape index (κ3) is 3.26. The largest absolute Gasteiger partial charge is 0.241 e. The molecule has 1 atom stereocenters. The van der Waals surface area contributed by atoms with E-state index in [1.54, 1.807) is 6.07 Å². The number of hydrogen-bond acceptors (Lipinski definition) is 2. The monoisotopic (exact) mass is 379 g/mol. The maximum absolute atomic E-state index is 12.6. The molecule has 116 valence electrons. The van der Waals surface area contributed by atoms with Crippen LogP contribution in [0.15, 0.2) is 51.8 Å². The van der Waals surface area contributed by atoms with Gasteiger partial charge in [0.25, 0.3) is 0 Å². The molecule has 2 aromatic rings. The highest BCUT2D eigenvalue weighted by atomic mass is 79.9. The van der Waals surface area contributed by atoms with E-state index in [1.165, 1.54) is 5.56 Å². The summed E-state index contributed by atoms with van der Waals surface area (Å²) in [5.74, 6) is 0. The molecule has 5 heteroatoms. The molecule has 1 unspecified atom stereocenters. The van der Waals surface area contributed by atoms with Crippen molar-refractivity contribution in [2.45, 2.75) is 37.1 Å². The number of halogens is 1. The Kier molecular flexibility index (Phi) is 4.39. The van der Waals surface area contributed by atoms with Crippen LogP contribution in [-0.2, 0) is 22.9 Å². The van der Waals surface area contributed by atoms with Gasteiger partial charge in [-0.1, -0.05) is 34.1 Å². The second-order valence-corrected chi connectivity index (χ2v) is 8.31. The normalized spacial score (nSPS) is 15.5. The number of rotatable bonds is 4. The van der Waals surface area contributed by atoms with Gasteiger partial charge in [-0.15, -0.1) is 0 Å². The summed E-state index contributed by atoms with van der Waals surface area (Å²) in [5, 5.41) is 0. The minimum Gasteiger partial charge on any atom is -0.207 e. The fraction of sp³-hybridized carbons (Fsp3) is 0.294. The maximum Gasteiger partial charge on any atom is 0.241 e. The lowest BCUT2D eigenvalue weighted by Crippen LogP contribution is -2.27. The van der Waals surface area contributed by atoms with Crippen LogP contribution >= 0.6 is 15.9 Å². The molecule has 1 aliphatic rings. The minimum absolute atomic E-state index is 0.282. The number of aryl methyl sites for hydroxylation is 2. The Morgan fingerprint density at radius 2 is 1.86 bits per heavy atom. The number of sulfonamides is 1. The quantitative estimate of drug-likeness (QED) is 0.872. The molecule has 0 radical (unpaired) electrons. The van der Waals surface area contributed by atoms with Crippen LogP contribution in [0, 0.1) is 0 Å². The van der Waals surface area contributed by atoms with Gasteiger partial charge in [-0.05, 0) is 67.1 Å². The van der Waals surface area contributed by atoms with E-state index in [0.29, 0.717) is 4.90 Å². The van der Waals surface area contributed by atoms with Gasteiger partial charge in [0.2, 0.25) is 10.0 Å². The van der Waals surface area contributed by atoms with Crippen LogP contribution in [-0.4, -0.2) is 8.42 Å². The number of hydrogen-bond donors (Lipinski definition) is 1. The van der Waals surface area contributed by atoms with Crippen molar-refractivity contribution < 1.29 is 8.42 Å². The molecule has 1 aliphatic carbocycles. The summed E-state index contributed by atoms with van der Waals surface area (Å²) < 4.78 is 28.9. The summed E-state index contributed by atoms with van der Waals surface area (Å²) in [4.78, 5) is 0.356. The maximum atomic E-state index is 12.6. The van der Waals surface area contributed by atoms with Gasteiger partial charge in [0.1, 0.15) is 0 Å². The average molecular weight is 380 g/mol. The van der Waals surface area contributed by atoms with Crippen molar-refractivity contribution in [3.05, 3.63) is 63.6 Å². The van der Waals surface area contributed by atoms with E-state index in [1.807, 2.05) is 43.3 Å². The Labute approximate surface area is 139 Å². The van der Waals surface area contributed by atoms with Gasteiger partial charge in [0, 0.05) is 10.5 Å². The van der Waals surface area contributed by atoms with Crippen LogP contribution in [0.1, 0.15) is 36.1 Å². The highest BCUT2D eigenvalue weighted by Gasteiger charge is 2.21. The van der Waals surface area contributed by atoms with Gasteiger partial charge in [-0.2, -0.15) is 0 Å². The highest BCUT2D eigenvalue weighted by Crippen LogP contribution is 2.26. The summed E-state index contributed by atoms with van der Waals surface area (Å²) >= 11 is 3.41. The second kappa shape index (κ2) is 6.14. The van der Waals surface area contributed by atoms with Crippen molar-refractivity contribution in [2.24, 2.45) is 0 Å². The summed E-state index contributed by atoms with van der Waals surface area (Å²) in [7, 11) is -3.51. The average Bonchev–Trinajstić information content (AvgIpc) is 2.94. The van der Waals surface area contributed by atoms with E-state index in [-0.39, 0.29) is 6.04 Å². The lowest BCUT2D eigenvalue weighted by molar-refractivity contribution is 0.567. The molecule has 0 bridgehead atoms. The van der Waals surface area contributed by atoms with Crippen molar-refractivity contribution >= 4 is 26.0 Å². The molecule has 1 N–H and O–H groups in total. The first-order valence-corrected chi connectivity index (χ1v) is 9.63. The molecule has 0 saturated carbocycles. The third-order valence-electron chi connectivity index (χ3n) is 4.06. The van der Waals surface area contributed by atoms with Gasteiger partial charge in [0.15, 0.2) is 0 Å².